The number of nitrogens with zero attached hydrogens (tertiary/aromatic N) is 1. The number of hydrogen-bond donors (Lipinski definition) is 2. The van der Waals surface area contributed by atoms with E-state index in [9.17, 15) is 31.5 Å². The zero-order chi connectivity index (χ0) is 22.2. The minimum atomic E-state index is -4.92. The normalized spacial score (nSPS) is 13.8. The highest BCUT2D eigenvalue weighted by atomic mass is 19.4. The lowest BCUT2D eigenvalue weighted by Crippen LogP contribution is -2.35. The number of rotatable bonds is 4. The Labute approximate surface area is 166 Å². The highest BCUT2D eigenvalue weighted by Crippen LogP contribution is 2.38. The summed E-state index contributed by atoms with van der Waals surface area (Å²) in [6.07, 6.45) is -2.74. The molecule has 1 aromatic carbocycles. The van der Waals surface area contributed by atoms with Crippen molar-refractivity contribution in [1.29, 1.82) is 0 Å². The number of nitrogens with one attached hydrogen (secondary N) is 2. The summed E-state index contributed by atoms with van der Waals surface area (Å²) in [5, 5.41) is 2.02. The molecule has 2 aromatic heterocycles. The number of carbonyl (C=O) groups excluding carboxylic acids is 1. The van der Waals surface area contributed by atoms with Gasteiger partial charge < -0.3 is 10.3 Å². The van der Waals surface area contributed by atoms with Gasteiger partial charge in [0.1, 0.15) is 11.6 Å². The first-order valence-corrected chi connectivity index (χ1v) is 8.83. The molecule has 5 nitrogen and oxygen atoms in total. The lowest BCUT2D eigenvalue weighted by molar-refractivity contribution is -0.137. The van der Waals surface area contributed by atoms with E-state index in [2.05, 4.69) is 15.3 Å². The van der Waals surface area contributed by atoms with Gasteiger partial charge >= 0.3 is 6.18 Å². The van der Waals surface area contributed by atoms with Crippen LogP contribution in [0, 0.1) is 11.6 Å². The quantitative estimate of drug-likeness (QED) is 0.616. The van der Waals surface area contributed by atoms with E-state index in [1.54, 1.807) is 0 Å². The average molecular weight is 425 g/mol. The number of alkyl halides is 3. The van der Waals surface area contributed by atoms with Crippen molar-refractivity contribution in [2.24, 2.45) is 0 Å². The number of carbonyl (C=O) groups is 1. The zero-order valence-corrected chi connectivity index (χ0v) is 15.8. The van der Waals surface area contributed by atoms with Crippen molar-refractivity contribution in [3.05, 3.63) is 75.3 Å². The molecule has 0 saturated carbocycles. The maximum Gasteiger partial charge on any atom is 0.417 e. The number of amides is 1. The number of aromatic nitrogens is 2. The Bertz CT molecular complexity index is 1170. The summed E-state index contributed by atoms with van der Waals surface area (Å²) in [5.74, 6) is -4.17. The molecule has 2 atom stereocenters. The van der Waals surface area contributed by atoms with E-state index in [0.717, 1.165) is 25.3 Å². The summed E-state index contributed by atoms with van der Waals surface area (Å²) in [4.78, 5) is 31.1. The van der Waals surface area contributed by atoms with E-state index in [1.165, 1.54) is 19.2 Å². The van der Waals surface area contributed by atoms with E-state index in [4.69, 9.17) is 0 Å². The summed E-state index contributed by atoms with van der Waals surface area (Å²) in [6, 6.07) is 2.99. The molecule has 0 aliphatic heterocycles. The number of benzene rings is 1. The molecule has 3 aromatic rings. The van der Waals surface area contributed by atoms with Crippen molar-refractivity contribution < 1.29 is 26.7 Å². The van der Waals surface area contributed by atoms with Crippen LogP contribution in [0.2, 0.25) is 0 Å². The van der Waals surface area contributed by atoms with Crippen molar-refractivity contribution in [3.63, 3.8) is 0 Å². The van der Waals surface area contributed by atoms with Gasteiger partial charge in [0.15, 0.2) is 0 Å². The van der Waals surface area contributed by atoms with Crippen LogP contribution in [0.4, 0.5) is 22.0 Å². The fourth-order valence-electron chi connectivity index (χ4n) is 3.27. The van der Waals surface area contributed by atoms with E-state index in [1.807, 2.05) is 0 Å². The molecule has 0 fully saturated rings. The maximum absolute atomic E-state index is 13.9. The highest BCUT2D eigenvalue weighted by molar-refractivity contribution is 5.88. The second-order valence-corrected chi connectivity index (χ2v) is 6.78. The van der Waals surface area contributed by atoms with Crippen LogP contribution >= 0.6 is 0 Å². The second kappa shape index (κ2) is 7.85. The van der Waals surface area contributed by atoms with Crippen molar-refractivity contribution in [2.45, 2.75) is 32.0 Å². The molecule has 0 aliphatic rings. The molecule has 10 heteroatoms. The molecule has 0 radical (unpaired) electrons. The van der Waals surface area contributed by atoms with E-state index in [-0.39, 0.29) is 16.5 Å². The molecule has 30 heavy (non-hydrogen) atoms. The molecule has 0 bridgehead atoms. The van der Waals surface area contributed by atoms with Crippen LogP contribution in [0.1, 0.15) is 42.5 Å². The lowest BCUT2D eigenvalue weighted by atomic mass is 9.93. The molecule has 2 N–H and O–H groups in total. The molecular formula is C20H16F5N3O2. The largest absolute Gasteiger partial charge is 0.417 e. The van der Waals surface area contributed by atoms with Gasteiger partial charge in [0.25, 0.3) is 5.56 Å². The van der Waals surface area contributed by atoms with Crippen molar-refractivity contribution >= 4 is 16.8 Å². The molecule has 158 valence electrons. The fourth-order valence-corrected chi connectivity index (χ4v) is 3.27. The summed E-state index contributed by atoms with van der Waals surface area (Å²) < 4.78 is 68.4. The molecule has 1 amide bonds. The zero-order valence-electron chi connectivity index (χ0n) is 15.8. The van der Waals surface area contributed by atoms with Crippen LogP contribution in [0.5, 0.6) is 0 Å². The SMILES string of the molecule is C[C@H](NC(=O)[C@H](C)c1c(C(F)(F)F)c2cnccc2[nH]c1=O)c1ccc(F)cc1F. The number of pyridine rings is 2. The van der Waals surface area contributed by atoms with Gasteiger partial charge in [-0.15, -0.1) is 0 Å². The summed E-state index contributed by atoms with van der Waals surface area (Å²) in [7, 11) is 0. The standard InChI is InChI=1S/C20H16F5N3O2/c1-9(18(29)27-10(2)12-4-3-11(21)7-14(12)22)16-17(20(23,24)25)13-8-26-6-5-15(13)28-19(16)30/h3-10H,1-2H3,(H,27,29)(H,28,30)/t9-,10+/m1/s1. The third-order valence-corrected chi connectivity index (χ3v) is 4.75. The first kappa shape index (κ1) is 21.4. The second-order valence-electron chi connectivity index (χ2n) is 6.78. The van der Waals surface area contributed by atoms with Crippen molar-refractivity contribution in [2.75, 3.05) is 0 Å². The van der Waals surface area contributed by atoms with E-state index >= 15 is 0 Å². The summed E-state index contributed by atoms with van der Waals surface area (Å²) in [6.45, 7) is 2.53. The molecule has 0 spiro atoms. The molecule has 0 aliphatic carbocycles. The van der Waals surface area contributed by atoms with Crippen LogP contribution in [0.25, 0.3) is 10.9 Å². The Hall–Kier alpha value is -3.30. The molecule has 3 rings (SSSR count). The maximum atomic E-state index is 13.9. The minimum Gasteiger partial charge on any atom is -0.349 e. The van der Waals surface area contributed by atoms with Gasteiger partial charge in [0.05, 0.1) is 23.0 Å². The third kappa shape index (κ3) is 4.03. The van der Waals surface area contributed by atoms with Crippen LogP contribution in [0.3, 0.4) is 0 Å². The topological polar surface area (TPSA) is 74.8 Å². The first-order chi connectivity index (χ1) is 14.0. The van der Waals surface area contributed by atoms with Gasteiger partial charge in [-0.3, -0.25) is 14.6 Å². The smallest absolute Gasteiger partial charge is 0.349 e. The number of H-pyrrole nitrogens is 1. The van der Waals surface area contributed by atoms with Gasteiger partial charge in [-0.25, -0.2) is 8.78 Å². The Morgan fingerprint density at radius 1 is 1.17 bits per heavy atom. The molecule has 0 unspecified atom stereocenters. The van der Waals surface area contributed by atoms with Gasteiger partial charge in [-0.1, -0.05) is 6.07 Å². The number of halogens is 5. The van der Waals surface area contributed by atoms with Crippen LogP contribution < -0.4 is 10.9 Å². The Balaban J connectivity index is 2.02. The van der Waals surface area contributed by atoms with Gasteiger partial charge in [0, 0.05) is 35.0 Å². The Morgan fingerprint density at radius 3 is 2.50 bits per heavy atom. The number of fused-ring (bicyclic) bond motifs is 1. The summed E-state index contributed by atoms with van der Waals surface area (Å²) in [5.41, 5.74) is -3.21. The monoisotopic (exact) mass is 425 g/mol. The predicted molar refractivity (Wildman–Crippen MR) is 98.7 cm³/mol. The lowest BCUT2D eigenvalue weighted by Gasteiger charge is -2.21. The number of aromatic amines is 1. The summed E-state index contributed by atoms with van der Waals surface area (Å²) >= 11 is 0. The van der Waals surface area contributed by atoms with Gasteiger partial charge in [0.2, 0.25) is 5.91 Å². The average Bonchev–Trinajstić information content (AvgIpc) is 2.65. The number of hydrogen-bond acceptors (Lipinski definition) is 3. The molecule has 2 heterocycles. The van der Waals surface area contributed by atoms with Gasteiger partial charge in [-0.2, -0.15) is 13.2 Å². The van der Waals surface area contributed by atoms with Crippen LogP contribution in [-0.4, -0.2) is 15.9 Å². The van der Waals surface area contributed by atoms with Crippen molar-refractivity contribution in [1.82, 2.24) is 15.3 Å². The molecule has 0 saturated heterocycles. The van der Waals surface area contributed by atoms with Crippen LogP contribution in [0.15, 0.2) is 41.5 Å². The third-order valence-electron chi connectivity index (χ3n) is 4.75. The van der Waals surface area contributed by atoms with Gasteiger partial charge in [-0.05, 0) is 26.0 Å². The van der Waals surface area contributed by atoms with Crippen LogP contribution in [-0.2, 0) is 11.0 Å². The Kier molecular flexibility index (Phi) is 5.60. The fraction of sp³-hybridized carbons (Fsp3) is 0.250. The molecular weight excluding hydrogens is 409 g/mol. The van der Waals surface area contributed by atoms with E-state index < -0.39 is 52.4 Å². The first-order valence-electron chi connectivity index (χ1n) is 8.83. The highest BCUT2D eigenvalue weighted by Gasteiger charge is 2.40. The predicted octanol–water partition coefficient (Wildman–Crippen LogP) is 4.20. The van der Waals surface area contributed by atoms with E-state index in [0.29, 0.717) is 6.07 Å². The minimum absolute atomic E-state index is 0.0513. The van der Waals surface area contributed by atoms with Crippen molar-refractivity contribution in [3.8, 4) is 0 Å². The Morgan fingerprint density at radius 2 is 1.87 bits per heavy atom.